The van der Waals surface area contributed by atoms with E-state index < -0.39 is 0 Å². The number of nitrogens with one attached hydrogen (secondary N) is 1. The summed E-state index contributed by atoms with van der Waals surface area (Å²) < 4.78 is 0. The maximum Gasteiger partial charge on any atom is 0.274 e. The number of likely N-dealkylation sites (N-methyl/N-ethyl adjacent to an activating group) is 1. The molecule has 2 aromatic heterocycles. The fourth-order valence-electron chi connectivity index (χ4n) is 2.57. The lowest BCUT2D eigenvalue weighted by molar-refractivity contribution is 0.102. The third-order valence-electron chi connectivity index (χ3n) is 4.06. The Labute approximate surface area is 163 Å². The average molecular weight is 382 g/mol. The van der Waals surface area contributed by atoms with Crippen LogP contribution in [0.4, 0.5) is 11.5 Å². The van der Waals surface area contributed by atoms with E-state index in [-0.39, 0.29) is 5.91 Å². The van der Waals surface area contributed by atoms with Gasteiger partial charge in [-0.25, -0.2) is 9.97 Å². The summed E-state index contributed by atoms with van der Waals surface area (Å²) in [7, 11) is 1.94. The minimum atomic E-state index is -0.322. The fourth-order valence-corrected chi connectivity index (χ4v) is 2.76. The highest BCUT2D eigenvalue weighted by Crippen LogP contribution is 2.21. The van der Waals surface area contributed by atoms with Gasteiger partial charge < -0.3 is 10.2 Å². The minimum absolute atomic E-state index is 0.299. The number of hydrogen-bond donors (Lipinski definition) is 1. The number of carbonyl (C=O) groups is 1. The number of amides is 1. The van der Waals surface area contributed by atoms with Gasteiger partial charge in [0.2, 0.25) is 0 Å². The fraction of sp³-hybridized carbons (Fsp3) is 0.200. The zero-order valence-electron chi connectivity index (χ0n) is 15.2. The third-order valence-corrected chi connectivity index (χ3v) is 4.39. The molecule has 0 spiro atoms. The smallest absolute Gasteiger partial charge is 0.274 e. The predicted octanol–water partition coefficient (Wildman–Crippen LogP) is 3.76. The summed E-state index contributed by atoms with van der Waals surface area (Å²) >= 11 is 6.11. The highest BCUT2D eigenvalue weighted by atomic mass is 35.5. The molecule has 2 heterocycles. The second kappa shape index (κ2) is 8.60. The summed E-state index contributed by atoms with van der Waals surface area (Å²) in [5, 5.41) is 3.27. The van der Waals surface area contributed by atoms with E-state index in [9.17, 15) is 4.79 Å². The SMILES string of the molecule is Cc1nc(C(=O)Nc2ccccc2Cl)cc(N(C)CCc2ccncc2)n1. The van der Waals surface area contributed by atoms with Gasteiger partial charge in [0.1, 0.15) is 17.3 Å². The topological polar surface area (TPSA) is 71.0 Å². The van der Waals surface area contributed by atoms with Gasteiger partial charge in [-0.3, -0.25) is 9.78 Å². The number of nitrogens with zero attached hydrogens (tertiary/aromatic N) is 4. The number of carbonyl (C=O) groups excluding carboxylic acids is 1. The summed E-state index contributed by atoms with van der Waals surface area (Å²) in [5.41, 5.74) is 2.04. The molecule has 0 fully saturated rings. The largest absolute Gasteiger partial charge is 0.359 e. The third kappa shape index (κ3) is 5.01. The maximum atomic E-state index is 12.6. The molecule has 6 nitrogen and oxygen atoms in total. The first-order chi connectivity index (χ1) is 13.0. The molecular weight excluding hydrogens is 362 g/mol. The molecule has 0 aliphatic rings. The van der Waals surface area contributed by atoms with E-state index in [4.69, 9.17) is 11.6 Å². The second-order valence-corrected chi connectivity index (χ2v) is 6.53. The van der Waals surface area contributed by atoms with E-state index in [0.29, 0.717) is 28.0 Å². The predicted molar refractivity (Wildman–Crippen MR) is 107 cm³/mol. The Morgan fingerprint density at radius 3 is 2.63 bits per heavy atom. The Morgan fingerprint density at radius 2 is 1.89 bits per heavy atom. The molecule has 0 saturated heterocycles. The number of anilines is 2. The molecule has 1 amide bonds. The van der Waals surface area contributed by atoms with E-state index >= 15 is 0 Å². The van der Waals surface area contributed by atoms with Gasteiger partial charge in [0, 0.05) is 32.1 Å². The van der Waals surface area contributed by atoms with Crippen molar-refractivity contribution in [2.45, 2.75) is 13.3 Å². The van der Waals surface area contributed by atoms with E-state index in [1.165, 1.54) is 5.56 Å². The van der Waals surface area contributed by atoms with Crippen LogP contribution >= 0.6 is 11.6 Å². The van der Waals surface area contributed by atoms with Crippen LogP contribution in [0.15, 0.2) is 54.9 Å². The van der Waals surface area contributed by atoms with Crippen molar-refractivity contribution in [3.63, 3.8) is 0 Å². The number of halogens is 1. The lowest BCUT2D eigenvalue weighted by atomic mass is 10.2. The molecule has 27 heavy (non-hydrogen) atoms. The van der Waals surface area contributed by atoms with Crippen LogP contribution in [0.2, 0.25) is 5.02 Å². The van der Waals surface area contributed by atoms with Gasteiger partial charge in [-0.1, -0.05) is 23.7 Å². The van der Waals surface area contributed by atoms with Crippen LogP contribution in [0, 0.1) is 6.92 Å². The van der Waals surface area contributed by atoms with Crippen LogP contribution in [0.1, 0.15) is 21.9 Å². The van der Waals surface area contributed by atoms with Gasteiger partial charge in [0.15, 0.2) is 0 Å². The number of para-hydroxylation sites is 1. The first-order valence-corrected chi connectivity index (χ1v) is 8.92. The van der Waals surface area contributed by atoms with Crippen molar-refractivity contribution in [2.75, 3.05) is 23.8 Å². The van der Waals surface area contributed by atoms with Crippen LogP contribution < -0.4 is 10.2 Å². The molecular formula is C20H20ClN5O. The standard InChI is InChI=1S/C20H20ClN5O/c1-14-23-18(20(27)25-17-6-4-3-5-16(17)21)13-19(24-14)26(2)12-9-15-7-10-22-11-8-15/h3-8,10-11,13H,9,12H2,1-2H3,(H,25,27). The molecule has 3 rings (SSSR count). The molecule has 1 aromatic carbocycles. The molecule has 138 valence electrons. The van der Waals surface area contributed by atoms with Crippen molar-refractivity contribution in [3.8, 4) is 0 Å². The number of aromatic nitrogens is 3. The number of hydrogen-bond acceptors (Lipinski definition) is 5. The lowest BCUT2D eigenvalue weighted by Crippen LogP contribution is -2.23. The van der Waals surface area contributed by atoms with Crippen molar-refractivity contribution in [2.24, 2.45) is 0 Å². The van der Waals surface area contributed by atoms with Crippen molar-refractivity contribution < 1.29 is 4.79 Å². The summed E-state index contributed by atoms with van der Waals surface area (Å²) in [5.74, 6) is 0.908. The maximum absolute atomic E-state index is 12.6. The van der Waals surface area contributed by atoms with Crippen LogP contribution in [0.5, 0.6) is 0 Å². The Bertz CT molecular complexity index is 933. The molecule has 0 unspecified atom stereocenters. The number of pyridine rings is 1. The molecule has 0 bridgehead atoms. The van der Waals surface area contributed by atoms with Gasteiger partial charge in [0.25, 0.3) is 5.91 Å². The van der Waals surface area contributed by atoms with Crippen molar-refractivity contribution >= 4 is 29.0 Å². The Hall–Kier alpha value is -2.99. The van der Waals surface area contributed by atoms with E-state index in [1.807, 2.05) is 36.2 Å². The van der Waals surface area contributed by atoms with E-state index in [2.05, 4.69) is 20.3 Å². The van der Waals surface area contributed by atoms with Crippen LogP contribution in [0.25, 0.3) is 0 Å². The molecule has 0 aliphatic heterocycles. The highest BCUT2D eigenvalue weighted by molar-refractivity contribution is 6.33. The molecule has 0 radical (unpaired) electrons. The summed E-state index contributed by atoms with van der Waals surface area (Å²) in [6, 6.07) is 12.7. The lowest BCUT2D eigenvalue weighted by Gasteiger charge is -2.19. The van der Waals surface area contributed by atoms with Gasteiger partial charge in [0.05, 0.1) is 10.7 Å². The van der Waals surface area contributed by atoms with Crippen LogP contribution in [-0.4, -0.2) is 34.5 Å². The summed E-state index contributed by atoms with van der Waals surface area (Å²) in [6.07, 6.45) is 4.41. The van der Waals surface area contributed by atoms with Gasteiger partial charge >= 0.3 is 0 Å². The average Bonchev–Trinajstić information content (AvgIpc) is 2.68. The first kappa shape index (κ1) is 18.8. The van der Waals surface area contributed by atoms with Gasteiger partial charge in [-0.15, -0.1) is 0 Å². The Kier molecular flexibility index (Phi) is 5.98. The van der Waals surface area contributed by atoms with Gasteiger partial charge in [-0.05, 0) is 43.2 Å². The van der Waals surface area contributed by atoms with Crippen molar-refractivity contribution in [1.82, 2.24) is 15.0 Å². The number of benzene rings is 1. The Morgan fingerprint density at radius 1 is 1.15 bits per heavy atom. The summed E-state index contributed by atoms with van der Waals surface area (Å²) in [6.45, 7) is 2.53. The van der Waals surface area contributed by atoms with E-state index in [0.717, 1.165) is 13.0 Å². The monoisotopic (exact) mass is 381 g/mol. The van der Waals surface area contributed by atoms with Crippen molar-refractivity contribution in [1.29, 1.82) is 0 Å². The molecule has 0 atom stereocenters. The molecule has 7 heteroatoms. The first-order valence-electron chi connectivity index (χ1n) is 8.54. The summed E-state index contributed by atoms with van der Waals surface area (Å²) in [4.78, 5) is 27.3. The highest BCUT2D eigenvalue weighted by Gasteiger charge is 2.14. The van der Waals surface area contributed by atoms with Crippen LogP contribution in [0.3, 0.4) is 0 Å². The quantitative estimate of drug-likeness (QED) is 0.703. The van der Waals surface area contributed by atoms with Gasteiger partial charge in [-0.2, -0.15) is 0 Å². The number of rotatable bonds is 6. The zero-order valence-corrected chi connectivity index (χ0v) is 15.9. The zero-order chi connectivity index (χ0) is 19.2. The van der Waals surface area contributed by atoms with Crippen molar-refractivity contribution in [3.05, 3.63) is 77.0 Å². The molecule has 0 saturated carbocycles. The molecule has 3 aromatic rings. The Balaban J connectivity index is 1.73. The molecule has 0 aliphatic carbocycles. The minimum Gasteiger partial charge on any atom is -0.359 e. The number of aryl methyl sites for hydroxylation is 1. The molecule has 1 N–H and O–H groups in total. The van der Waals surface area contributed by atoms with E-state index in [1.54, 1.807) is 37.5 Å². The normalized spacial score (nSPS) is 10.5. The second-order valence-electron chi connectivity index (χ2n) is 6.12. The van der Waals surface area contributed by atoms with Crippen LogP contribution in [-0.2, 0) is 6.42 Å².